The minimum atomic E-state index is -0.163. The highest BCUT2D eigenvalue weighted by Crippen LogP contribution is 2.01. The molecule has 0 nitrogen and oxygen atoms in total. The highest BCUT2D eigenvalue weighted by atomic mass is 19.1. The zero-order valence-electron chi connectivity index (χ0n) is 6.19. The molecule has 0 amide bonds. The van der Waals surface area contributed by atoms with Gasteiger partial charge in [0.2, 0.25) is 0 Å². The summed E-state index contributed by atoms with van der Waals surface area (Å²) in [6.07, 6.45) is 4.76. The molecule has 0 bridgehead atoms. The largest absolute Gasteiger partial charge is 0.207 e. The molecule has 1 heteroatoms. The normalized spacial score (nSPS) is 13.7. The monoisotopic (exact) mass is 128 g/mol. The van der Waals surface area contributed by atoms with Gasteiger partial charge in [0.15, 0.2) is 0 Å². The highest BCUT2D eigenvalue weighted by Gasteiger charge is 1.85. The number of hydrogen-bond acceptors (Lipinski definition) is 0. The predicted molar refractivity (Wildman–Crippen MR) is 38.8 cm³/mol. The smallest absolute Gasteiger partial charge is 0.118 e. The SMILES string of the molecule is C/C=C(F)\C=C/C(C)C. The summed E-state index contributed by atoms with van der Waals surface area (Å²) in [5.41, 5.74) is 0. The molecular weight excluding hydrogens is 115 g/mol. The van der Waals surface area contributed by atoms with E-state index in [0.717, 1.165) is 0 Å². The van der Waals surface area contributed by atoms with Crippen molar-refractivity contribution in [1.82, 2.24) is 0 Å². The van der Waals surface area contributed by atoms with E-state index in [9.17, 15) is 4.39 Å². The van der Waals surface area contributed by atoms with E-state index in [2.05, 4.69) is 0 Å². The third-order valence-corrected chi connectivity index (χ3v) is 0.916. The van der Waals surface area contributed by atoms with E-state index >= 15 is 0 Å². The summed E-state index contributed by atoms with van der Waals surface area (Å²) < 4.78 is 12.3. The van der Waals surface area contributed by atoms with Crippen molar-refractivity contribution in [1.29, 1.82) is 0 Å². The summed E-state index contributed by atoms with van der Waals surface area (Å²) in [5, 5.41) is 0. The Morgan fingerprint density at radius 3 is 2.33 bits per heavy atom. The molecule has 0 saturated heterocycles. The Hall–Kier alpha value is -0.590. The molecule has 52 valence electrons. The Morgan fingerprint density at radius 2 is 2.00 bits per heavy atom. The minimum absolute atomic E-state index is 0.163. The van der Waals surface area contributed by atoms with E-state index in [1.54, 1.807) is 6.92 Å². The Balaban J connectivity index is 3.71. The molecule has 0 saturated carbocycles. The lowest BCUT2D eigenvalue weighted by molar-refractivity contribution is 0.661. The summed E-state index contributed by atoms with van der Waals surface area (Å²) in [6.45, 7) is 5.71. The average Bonchev–Trinajstić information content (AvgIpc) is 1.83. The third-order valence-electron chi connectivity index (χ3n) is 0.916. The molecule has 0 aliphatic heterocycles. The third kappa shape index (κ3) is 5.28. The molecule has 0 aromatic heterocycles. The van der Waals surface area contributed by atoms with Gasteiger partial charge in [0, 0.05) is 0 Å². The van der Waals surface area contributed by atoms with Crippen molar-refractivity contribution in [3.8, 4) is 0 Å². The summed E-state index contributed by atoms with van der Waals surface area (Å²) in [5.74, 6) is 0.263. The molecule has 9 heavy (non-hydrogen) atoms. The first-order valence-corrected chi connectivity index (χ1v) is 3.17. The predicted octanol–water partition coefficient (Wildman–Crippen LogP) is 3.07. The van der Waals surface area contributed by atoms with Crippen LogP contribution in [0.1, 0.15) is 20.8 Å². The Morgan fingerprint density at radius 1 is 1.44 bits per heavy atom. The van der Waals surface area contributed by atoms with Gasteiger partial charge in [-0.2, -0.15) is 0 Å². The Bertz CT molecular complexity index is 121. The van der Waals surface area contributed by atoms with Crippen LogP contribution in [0, 0.1) is 5.92 Å². The fourth-order valence-corrected chi connectivity index (χ4v) is 0.381. The summed E-state index contributed by atoms with van der Waals surface area (Å²) in [6, 6.07) is 0. The second kappa shape index (κ2) is 4.30. The van der Waals surface area contributed by atoms with E-state index < -0.39 is 0 Å². The van der Waals surface area contributed by atoms with E-state index in [0.29, 0.717) is 5.92 Å². The second-order valence-corrected chi connectivity index (χ2v) is 2.28. The Kier molecular flexibility index (Phi) is 4.02. The van der Waals surface area contributed by atoms with E-state index in [1.165, 1.54) is 12.2 Å². The van der Waals surface area contributed by atoms with Crippen LogP contribution in [0.2, 0.25) is 0 Å². The fourth-order valence-electron chi connectivity index (χ4n) is 0.381. The number of halogens is 1. The van der Waals surface area contributed by atoms with Gasteiger partial charge in [0.25, 0.3) is 0 Å². The van der Waals surface area contributed by atoms with Gasteiger partial charge in [-0.1, -0.05) is 26.0 Å². The maximum absolute atomic E-state index is 12.3. The highest BCUT2D eigenvalue weighted by molar-refractivity contribution is 5.09. The molecule has 0 aliphatic carbocycles. The van der Waals surface area contributed by atoms with Crippen molar-refractivity contribution in [2.45, 2.75) is 20.8 Å². The number of allylic oxidation sites excluding steroid dienone is 4. The first kappa shape index (κ1) is 8.41. The maximum Gasteiger partial charge on any atom is 0.118 e. The van der Waals surface area contributed by atoms with Crippen molar-refractivity contribution < 1.29 is 4.39 Å². The molecule has 0 fully saturated rings. The first-order chi connectivity index (χ1) is 4.16. The molecule has 0 aliphatic rings. The summed E-state index contributed by atoms with van der Waals surface area (Å²) in [4.78, 5) is 0. The lowest BCUT2D eigenvalue weighted by atomic mass is 10.2. The van der Waals surface area contributed by atoms with Crippen LogP contribution in [0.25, 0.3) is 0 Å². The van der Waals surface area contributed by atoms with Crippen molar-refractivity contribution in [2.75, 3.05) is 0 Å². The van der Waals surface area contributed by atoms with Crippen LogP contribution in [0.3, 0.4) is 0 Å². The van der Waals surface area contributed by atoms with Crippen molar-refractivity contribution in [3.05, 3.63) is 24.1 Å². The first-order valence-electron chi connectivity index (χ1n) is 3.17. The van der Waals surface area contributed by atoms with Crippen LogP contribution >= 0.6 is 0 Å². The molecule has 0 spiro atoms. The van der Waals surface area contributed by atoms with Crippen LogP contribution in [-0.2, 0) is 0 Å². The lowest BCUT2D eigenvalue weighted by Crippen LogP contribution is -1.76. The van der Waals surface area contributed by atoms with Gasteiger partial charge in [-0.15, -0.1) is 0 Å². The average molecular weight is 128 g/mol. The van der Waals surface area contributed by atoms with Gasteiger partial charge in [0.05, 0.1) is 0 Å². The van der Waals surface area contributed by atoms with Crippen molar-refractivity contribution in [3.63, 3.8) is 0 Å². The van der Waals surface area contributed by atoms with Crippen LogP contribution in [-0.4, -0.2) is 0 Å². The fraction of sp³-hybridized carbons (Fsp3) is 0.500. The molecule has 0 aromatic carbocycles. The minimum Gasteiger partial charge on any atom is -0.207 e. The van der Waals surface area contributed by atoms with Gasteiger partial charge in [0.1, 0.15) is 5.83 Å². The van der Waals surface area contributed by atoms with Crippen LogP contribution in [0.15, 0.2) is 24.1 Å². The van der Waals surface area contributed by atoms with E-state index in [1.807, 2.05) is 19.9 Å². The van der Waals surface area contributed by atoms with Gasteiger partial charge < -0.3 is 0 Å². The maximum atomic E-state index is 12.3. The molecule has 0 unspecified atom stereocenters. The Labute approximate surface area is 56.1 Å². The molecule has 0 rings (SSSR count). The van der Waals surface area contributed by atoms with Crippen LogP contribution in [0.5, 0.6) is 0 Å². The van der Waals surface area contributed by atoms with Gasteiger partial charge in [-0.3, -0.25) is 0 Å². The molecular formula is C8H13F. The number of rotatable bonds is 2. The zero-order valence-corrected chi connectivity index (χ0v) is 6.19. The molecule has 0 heterocycles. The second-order valence-electron chi connectivity index (χ2n) is 2.28. The van der Waals surface area contributed by atoms with Gasteiger partial charge in [-0.25, -0.2) is 4.39 Å². The van der Waals surface area contributed by atoms with Crippen molar-refractivity contribution in [2.24, 2.45) is 5.92 Å². The topological polar surface area (TPSA) is 0 Å². The van der Waals surface area contributed by atoms with Crippen LogP contribution in [0.4, 0.5) is 4.39 Å². The summed E-state index contributed by atoms with van der Waals surface area (Å²) >= 11 is 0. The lowest BCUT2D eigenvalue weighted by Gasteiger charge is -1.90. The zero-order chi connectivity index (χ0) is 7.28. The molecule has 0 atom stereocenters. The molecule has 0 N–H and O–H groups in total. The number of hydrogen-bond donors (Lipinski definition) is 0. The van der Waals surface area contributed by atoms with Gasteiger partial charge >= 0.3 is 0 Å². The van der Waals surface area contributed by atoms with E-state index in [-0.39, 0.29) is 5.83 Å². The standard InChI is InChI=1S/C8H13F/c1-4-8(9)6-5-7(2)3/h4-7H,1-3H3/b6-5-,8-4+. The quantitative estimate of drug-likeness (QED) is 0.501. The van der Waals surface area contributed by atoms with Gasteiger partial charge in [-0.05, 0) is 18.9 Å². The van der Waals surface area contributed by atoms with Crippen molar-refractivity contribution >= 4 is 0 Å². The van der Waals surface area contributed by atoms with Crippen LogP contribution < -0.4 is 0 Å². The molecule has 0 radical (unpaired) electrons. The van der Waals surface area contributed by atoms with E-state index in [4.69, 9.17) is 0 Å². The summed E-state index contributed by atoms with van der Waals surface area (Å²) in [7, 11) is 0. The molecule has 0 aromatic rings.